The zero-order chi connectivity index (χ0) is 13.3. The van der Waals surface area contributed by atoms with Gasteiger partial charge in [-0.25, -0.2) is 0 Å². The molecule has 3 nitrogen and oxygen atoms in total. The largest absolute Gasteiger partial charge is 0.496 e. The minimum absolute atomic E-state index is 0.646. The van der Waals surface area contributed by atoms with E-state index in [2.05, 4.69) is 17.2 Å². The number of benzene rings is 1. The molecule has 0 unspecified atom stereocenters. The maximum atomic E-state index is 6.24. The van der Waals surface area contributed by atoms with Crippen LogP contribution in [0.25, 0.3) is 10.9 Å². The predicted molar refractivity (Wildman–Crippen MR) is 77.0 cm³/mol. The number of hydrogen-bond donors (Lipinski definition) is 1. The van der Waals surface area contributed by atoms with Gasteiger partial charge in [0.15, 0.2) is 0 Å². The van der Waals surface area contributed by atoms with Crippen molar-refractivity contribution in [3.05, 3.63) is 28.4 Å². The minimum atomic E-state index is 0.646. The molecule has 0 aliphatic rings. The third-order valence-corrected chi connectivity index (χ3v) is 3.49. The van der Waals surface area contributed by atoms with Crippen LogP contribution in [0.5, 0.6) is 5.75 Å². The molecule has 0 aliphatic heterocycles. The van der Waals surface area contributed by atoms with E-state index in [0.717, 1.165) is 34.5 Å². The quantitative estimate of drug-likeness (QED) is 0.915. The lowest BCUT2D eigenvalue weighted by Gasteiger charge is -2.16. The van der Waals surface area contributed by atoms with Crippen LogP contribution in [0.4, 0.5) is 5.69 Å². The summed E-state index contributed by atoms with van der Waals surface area (Å²) in [7, 11) is 3.57. The first-order valence-corrected chi connectivity index (χ1v) is 6.35. The van der Waals surface area contributed by atoms with Crippen molar-refractivity contribution in [2.45, 2.75) is 20.3 Å². The zero-order valence-electron chi connectivity index (χ0n) is 11.1. The monoisotopic (exact) mass is 264 g/mol. The summed E-state index contributed by atoms with van der Waals surface area (Å²) in [5.74, 6) is 0.793. The van der Waals surface area contributed by atoms with Gasteiger partial charge in [0.2, 0.25) is 0 Å². The standard InChI is InChI=1S/C14H17ClN2O/c1-5-9-8(2)17-14-10(15)6-7-11(18-4)12(14)13(9)16-3/h6-7H,5H2,1-4H3,(H,16,17). The summed E-state index contributed by atoms with van der Waals surface area (Å²) in [6.07, 6.45) is 0.917. The number of ether oxygens (including phenoxy) is 1. The van der Waals surface area contributed by atoms with Gasteiger partial charge in [-0.3, -0.25) is 4.98 Å². The van der Waals surface area contributed by atoms with E-state index in [1.54, 1.807) is 7.11 Å². The molecule has 1 heterocycles. The average Bonchev–Trinajstić information content (AvgIpc) is 2.38. The van der Waals surface area contributed by atoms with Gasteiger partial charge >= 0.3 is 0 Å². The van der Waals surface area contributed by atoms with Crippen LogP contribution >= 0.6 is 11.6 Å². The summed E-state index contributed by atoms with van der Waals surface area (Å²) in [5.41, 5.74) is 4.05. The minimum Gasteiger partial charge on any atom is -0.496 e. The molecule has 18 heavy (non-hydrogen) atoms. The Morgan fingerprint density at radius 2 is 2.11 bits per heavy atom. The molecule has 0 spiro atoms. The van der Waals surface area contributed by atoms with Gasteiger partial charge < -0.3 is 10.1 Å². The van der Waals surface area contributed by atoms with Gasteiger partial charge in [0.1, 0.15) is 5.75 Å². The Kier molecular flexibility index (Phi) is 3.62. The van der Waals surface area contributed by atoms with Crippen molar-refractivity contribution >= 4 is 28.2 Å². The SMILES string of the molecule is CCc1c(C)nc2c(Cl)ccc(OC)c2c1NC. The van der Waals surface area contributed by atoms with Gasteiger partial charge in [0.25, 0.3) is 0 Å². The molecule has 0 atom stereocenters. The number of aromatic nitrogens is 1. The maximum Gasteiger partial charge on any atom is 0.130 e. The van der Waals surface area contributed by atoms with Crippen molar-refractivity contribution in [1.82, 2.24) is 4.98 Å². The average molecular weight is 265 g/mol. The third kappa shape index (κ3) is 1.89. The number of rotatable bonds is 3. The Morgan fingerprint density at radius 3 is 2.67 bits per heavy atom. The molecule has 0 radical (unpaired) electrons. The lowest BCUT2D eigenvalue weighted by atomic mass is 10.0. The van der Waals surface area contributed by atoms with E-state index in [1.807, 2.05) is 26.1 Å². The van der Waals surface area contributed by atoms with Gasteiger partial charge in [-0.05, 0) is 31.0 Å². The third-order valence-electron chi connectivity index (χ3n) is 3.18. The van der Waals surface area contributed by atoms with Gasteiger partial charge in [-0.15, -0.1) is 0 Å². The second-order valence-electron chi connectivity index (χ2n) is 4.13. The van der Waals surface area contributed by atoms with Crippen LogP contribution in [0.3, 0.4) is 0 Å². The molecule has 0 bridgehead atoms. The van der Waals surface area contributed by atoms with Crippen molar-refractivity contribution < 1.29 is 4.74 Å². The van der Waals surface area contributed by atoms with E-state index in [1.165, 1.54) is 5.56 Å². The lowest BCUT2D eigenvalue weighted by Crippen LogP contribution is -2.02. The number of nitrogens with one attached hydrogen (secondary N) is 1. The van der Waals surface area contributed by atoms with Crippen molar-refractivity contribution in [1.29, 1.82) is 0 Å². The van der Waals surface area contributed by atoms with Gasteiger partial charge in [0, 0.05) is 12.7 Å². The van der Waals surface area contributed by atoms with Crippen molar-refractivity contribution in [3.8, 4) is 5.75 Å². The number of methoxy groups -OCH3 is 1. The molecule has 1 N–H and O–H groups in total. The maximum absolute atomic E-state index is 6.24. The first kappa shape index (κ1) is 13.0. The summed E-state index contributed by atoms with van der Waals surface area (Å²) in [6, 6.07) is 3.70. The van der Waals surface area contributed by atoms with Crippen molar-refractivity contribution in [3.63, 3.8) is 0 Å². The highest BCUT2D eigenvalue weighted by Gasteiger charge is 2.16. The highest BCUT2D eigenvalue weighted by molar-refractivity contribution is 6.35. The number of hydrogen-bond acceptors (Lipinski definition) is 3. The molecule has 0 amide bonds. The van der Waals surface area contributed by atoms with Crippen LogP contribution in [-0.2, 0) is 6.42 Å². The van der Waals surface area contributed by atoms with Crippen LogP contribution in [0, 0.1) is 6.92 Å². The molecule has 0 fully saturated rings. The van der Waals surface area contributed by atoms with E-state index in [-0.39, 0.29) is 0 Å². The Balaban J connectivity index is 2.97. The fraction of sp³-hybridized carbons (Fsp3) is 0.357. The molecular weight excluding hydrogens is 248 g/mol. The lowest BCUT2D eigenvalue weighted by molar-refractivity contribution is 0.420. The molecule has 0 saturated carbocycles. The molecule has 0 aliphatic carbocycles. The van der Waals surface area contributed by atoms with Crippen LogP contribution in [0.1, 0.15) is 18.2 Å². The van der Waals surface area contributed by atoms with E-state index in [9.17, 15) is 0 Å². The molecule has 1 aromatic heterocycles. The fourth-order valence-corrected chi connectivity index (χ4v) is 2.54. The smallest absolute Gasteiger partial charge is 0.130 e. The number of anilines is 1. The van der Waals surface area contributed by atoms with Gasteiger partial charge in [-0.2, -0.15) is 0 Å². The van der Waals surface area contributed by atoms with Gasteiger partial charge in [-0.1, -0.05) is 18.5 Å². The Morgan fingerprint density at radius 1 is 1.39 bits per heavy atom. The summed E-state index contributed by atoms with van der Waals surface area (Å²) in [4.78, 5) is 4.61. The number of nitrogens with zero attached hydrogens (tertiary/aromatic N) is 1. The first-order valence-electron chi connectivity index (χ1n) is 5.97. The van der Waals surface area contributed by atoms with E-state index < -0.39 is 0 Å². The van der Waals surface area contributed by atoms with Crippen molar-refractivity contribution in [2.24, 2.45) is 0 Å². The van der Waals surface area contributed by atoms with E-state index in [4.69, 9.17) is 16.3 Å². The number of fused-ring (bicyclic) bond motifs is 1. The summed E-state index contributed by atoms with van der Waals surface area (Å²) >= 11 is 6.24. The Hall–Kier alpha value is -1.48. The molecule has 2 aromatic rings. The zero-order valence-corrected chi connectivity index (χ0v) is 11.9. The summed E-state index contributed by atoms with van der Waals surface area (Å²) < 4.78 is 5.43. The molecular formula is C14H17ClN2O. The molecule has 1 aromatic carbocycles. The number of pyridine rings is 1. The van der Waals surface area contributed by atoms with Crippen LogP contribution in [0.15, 0.2) is 12.1 Å². The molecule has 4 heteroatoms. The molecule has 0 saturated heterocycles. The highest BCUT2D eigenvalue weighted by atomic mass is 35.5. The molecule has 96 valence electrons. The van der Waals surface area contributed by atoms with Crippen LogP contribution in [-0.4, -0.2) is 19.1 Å². The highest BCUT2D eigenvalue weighted by Crippen LogP contribution is 2.38. The van der Waals surface area contributed by atoms with Crippen LogP contribution < -0.4 is 10.1 Å². The summed E-state index contributed by atoms with van der Waals surface area (Å²) in [5, 5.41) is 4.85. The van der Waals surface area contributed by atoms with Gasteiger partial charge in [0.05, 0.1) is 28.7 Å². The Bertz CT molecular complexity index is 596. The number of halogens is 1. The first-order chi connectivity index (χ1) is 8.63. The Labute approximate surface area is 112 Å². The second-order valence-corrected chi connectivity index (χ2v) is 4.53. The predicted octanol–water partition coefficient (Wildman–Crippen LogP) is 3.81. The van der Waals surface area contributed by atoms with E-state index >= 15 is 0 Å². The fourth-order valence-electron chi connectivity index (χ4n) is 2.34. The normalized spacial score (nSPS) is 10.7. The second kappa shape index (κ2) is 5.02. The van der Waals surface area contributed by atoms with Crippen LogP contribution in [0.2, 0.25) is 5.02 Å². The van der Waals surface area contributed by atoms with Crippen molar-refractivity contribution in [2.75, 3.05) is 19.5 Å². The molecule has 2 rings (SSSR count). The van der Waals surface area contributed by atoms with E-state index in [0.29, 0.717) is 5.02 Å². The number of aryl methyl sites for hydroxylation is 1. The topological polar surface area (TPSA) is 34.1 Å². The summed E-state index contributed by atoms with van der Waals surface area (Å²) in [6.45, 7) is 4.13.